The van der Waals surface area contributed by atoms with E-state index in [0.29, 0.717) is 41.2 Å². The van der Waals surface area contributed by atoms with Gasteiger partial charge < -0.3 is 14.5 Å². The number of Topliss-reactive ketones (excluding diaryl/α,β-unsaturated/α-hetero) is 1. The number of benzene rings is 2. The van der Waals surface area contributed by atoms with E-state index in [1.807, 2.05) is 6.92 Å². The molecular weight excluding hydrogens is 402 g/mol. The number of ketones is 1. The number of nitro groups is 1. The zero-order chi connectivity index (χ0) is 22.3. The molecule has 0 aromatic heterocycles. The third-order valence-corrected chi connectivity index (χ3v) is 5.68. The van der Waals surface area contributed by atoms with Gasteiger partial charge in [0.1, 0.15) is 5.75 Å². The maximum Gasteiger partial charge on any atom is 0.269 e. The van der Waals surface area contributed by atoms with E-state index in [4.69, 9.17) is 4.74 Å². The zero-order valence-electron chi connectivity index (χ0n) is 17.2. The molecule has 0 N–H and O–H groups in total. The second-order valence-electron chi connectivity index (χ2n) is 7.48. The number of hydrogen-bond donors (Lipinski definition) is 0. The highest BCUT2D eigenvalue weighted by atomic mass is 16.6. The van der Waals surface area contributed by atoms with Crippen LogP contribution in [0.2, 0.25) is 0 Å². The van der Waals surface area contributed by atoms with Gasteiger partial charge in [-0.3, -0.25) is 24.5 Å². The minimum absolute atomic E-state index is 0.0459. The van der Waals surface area contributed by atoms with Gasteiger partial charge in [0.25, 0.3) is 11.6 Å². The summed E-state index contributed by atoms with van der Waals surface area (Å²) in [6.45, 7) is 3.87. The number of nitrogens with zero attached hydrogens (tertiary/aromatic N) is 3. The first-order valence-corrected chi connectivity index (χ1v) is 10.0. The van der Waals surface area contributed by atoms with Crippen LogP contribution in [-0.4, -0.2) is 41.7 Å². The molecule has 0 radical (unpaired) electrons. The maximum atomic E-state index is 13.3. The molecule has 9 heteroatoms. The monoisotopic (exact) mass is 423 g/mol. The summed E-state index contributed by atoms with van der Waals surface area (Å²) in [5, 5.41) is 11.1. The molecule has 0 saturated heterocycles. The van der Waals surface area contributed by atoms with Crippen LogP contribution in [-0.2, 0) is 16.0 Å². The van der Waals surface area contributed by atoms with Gasteiger partial charge in [-0.05, 0) is 50.1 Å². The summed E-state index contributed by atoms with van der Waals surface area (Å²) in [5.41, 5.74) is 2.00. The van der Waals surface area contributed by atoms with Crippen molar-refractivity contribution in [3.8, 4) is 5.75 Å². The lowest BCUT2D eigenvalue weighted by Gasteiger charge is -2.34. The van der Waals surface area contributed by atoms with E-state index in [-0.39, 0.29) is 36.3 Å². The Morgan fingerprint density at radius 2 is 1.90 bits per heavy atom. The summed E-state index contributed by atoms with van der Waals surface area (Å²) in [7, 11) is 0. The van der Waals surface area contributed by atoms with Gasteiger partial charge in [0.05, 0.1) is 16.7 Å². The molecular formula is C22H21N3O6. The number of aryl methyl sites for hydroxylation is 1. The second-order valence-corrected chi connectivity index (χ2v) is 7.48. The molecule has 31 heavy (non-hydrogen) atoms. The van der Waals surface area contributed by atoms with Crippen molar-refractivity contribution in [2.75, 3.05) is 23.0 Å². The first-order valence-electron chi connectivity index (χ1n) is 10.0. The predicted octanol–water partition coefficient (Wildman–Crippen LogP) is 2.89. The number of anilines is 2. The Bertz CT molecular complexity index is 1110. The van der Waals surface area contributed by atoms with Crippen molar-refractivity contribution in [3.05, 3.63) is 57.6 Å². The lowest BCUT2D eigenvalue weighted by atomic mass is 9.96. The summed E-state index contributed by atoms with van der Waals surface area (Å²) < 4.78 is 5.45. The van der Waals surface area contributed by atoms with Gasteiger partial charge in [0, 0.05) is 36.3 Å². The number of carbonyl (C=O) groups excluding carboxylic acids is 3. The SMILES string of the molecule is CCN1C(=O)COc2ccc(C(=O)C(C)N3C(=O)CCc4cc([N+](=O)[O-])ccc43)cc21. The van der Waals surface area contributed by atoms with Crippen molar-refractivity contribution >= 4 is 34.7 Å². The van der Waals surface area contributed by atoms with Crippen LogP contribution in [0.1, 0.15) is 36.2 Å². The largest absolute Gasteiger partial charge is 0.482 e. The molecule has 0 fully saturated rings. The van der Waals surface area contributed by atoms with E-state index in [9.17, 15) is 24.5 Å². The molecule has 0 spiro atoms. The maximum absolute atomic E-state index is 13.3. The summed E-state index contributed by atoms with van der Waals surface area (Å²) in [5.74, 6) is -0.169. The average Bonchev–Trinajstić information content (AvgIpc) is 2.77. The number of carbonyl (C=O) groups is 3. The second kappa shape index (κ2) is 7.82. The Hall–Kier alpha value is -3.75. The fourth-order valence-electron chi connectivity index (χ4n) is 4.10. The van der Waals surface area contributed by atoms with Crippen LogP contribution in [0, 0.1) is 10.1 Å². The van der Waals surface area contributed by atoms with Gasteiger partial charge in [-0.1, -0.05) is 0 Å². The van der Waals surface area contributed by atoms with Crippen molar-refractivity contribution < 1.29 is 24.0 Å². The van der Waals surface area contributed by atoms with Crippen molar-refractivity contribution in [1.29, 1.82) is 0 Å². The molecule has 2 aliphatic rings. The fraction of sp³-hybridized carbons (Fsp3) is 0.318. The van der Waals surface area contributed by atoms with E-state index in [1.165, 1.54) is 23.1 Å². The van der Waals surface area contributed by atoms with E-state index >= 15 is 0 Å². The van der Waals surface area contributed by atoms with Gasteiger partial charge in [-0.2, -0.15) is 0 Å². The topological polar surface area (TPSA) is 110 Å². The molecule has 2 aromatic carbocycles. The molecule has 0 aliphatic carbocycles. The number of likely N-dealkylation sites (N-methyl/N-ethyl adjacent to an activating group) is 1. The highest BCUT2D eigenvalue weighted by Crippen LogP contribution is 2.35. The summed E-state index contributed by atoms with van der Waals surface area (Å²) >= 11 is 0. The Labute approximate surface area is 178 Å². The molecule has 2 heterocycles. The van der Waals surface area contributed by atoms with Gasteiger partial charge in [0.15, 0.2) is 12.4 Å². The summed E-state index contributed by atoms with van der Waals surface area (Å²) in [6.07, 6.45) is 0.555. The average molecular weight is 423 g/mol. The highest BCUT2D eigenvalue weighted by Gasteiger charge is 2.34. The Morgan fingerprint density at radius 1 is 1.13 bits per heavy atom. The first-order chi connectivity index (χ1) is 14.8. The van der Waals surface area contributed by atoms with Crippen LogP contribution >= 0.6 is 0 Å². The molecule has 2 amide bonds. The molecule has 1 atom stereocenters. The number of amides is 2. The normalized spacial score (nSPS) is 16.3. The third-order valence-electron chi connectivity index (χ3n) is 5.68. The predicted molar refractivity (Wildman–Crippen MR) is 113 cm³/mol. The van der Waals surface area contributed by atoms with Crippen LogP contribution in [0.5, 0.6) is 5.75 Å². The molecule has 1 unspecified atom stereocenters. The number of fused-ring (bicyclic) bond motifs is 2. The van der Waals surface area contributed by atoms with Crippen LogP contribution in [0.3, 0.4) is 0 Å². The number of hydrogen-bond acceptors (Lipinski definition) is 6. The molecule has 0 saturated carbocycles. The molecule has 0 bridgehead atoms. The number of ether oxygens (including phenoxy) is 1. The van der Waals surface area contributed by atoms with Gasteiger partial charge >= 0.3 is 0 Å². The molecule has 2 aromatic rings. The minimum Gasteiger partial charge on any atom is -0.482 e. The summed E-state index contributed by atoms with van der Waals surface area (Å²) in [4.78, 5) is 51.7. The number of non-ortho nitro benzene ring substituents is 1. The Kier molecular flexibility index (Phi) is 5.18. The van der Waals surface area contributed by atoms with Crippen LogP contribution in [0.15, 0.2) is 36.4 Å². The third kappa shape index (κ3) is 3.52. The van der Waals surface area contributed by atoms with Gasteiger partial charge in [-0.25, -0.2) is 0 Å². The number of nitro benzene ring substituents is 1. The van der Waals surface area contributed by atoms with Crippen LogP contribution < -0.4 is 14.5 Å². The van der Waals surface area contributed by atoms with Crippen molar-refractivity contribution in [2.24, 2.45) is 0 Å². The highest BCUT2D eigenvalue weighted by molar-refractivity contribution is 6.10. The number of rotatable bonds is 5. The van der Waals surface area contributed by atoms with Gasteiger partial charge in [0.2, 0.25) is 5.91 Å². The first kappa shape index (κ1) is 20.5. The standard InChI is InChI=1S/C22H21N3O6/c1-3-23-18-11-15(4-8-19(18)31-12-21(23)27)22(28)13(2)24-17-7-6-16(25(29)30)10-14(17)5-9-20(24)26/h4,6-8,10-11,13H,3,5,9,12H2,1-2H3. The smallest absolute Gasteiger partial charge is 0.269 e. The molecule has 160 valence electrons. The lowest BCUT2D eigenvalue weighted by molar-refractivity contribution is -0.384. The van der Waals surface area contributed by atoms with E-state index < -0.39 is 11.0 Å². The van der Waals surface area contributed by atoms with Crippen LogP contribution in [0.25, 0.3) is 0 Å². The fourth-order valence-corrected chi connectivity index (χ4v) is 4.10. The van der Waals surface area contributed by atoms with Crippen molar-refractivity contribution in [2.45, 2.75) is 32.7 Å². The minimum atomic E-state index is -0.818. The molecule has 9 nitrogen and oxygen atoms in total. The quantitative estimate of drug-likeness (QED) is 0.415. The Morgan fingerprint density at radius 3 is 2.61 bits per heavy atom. The van der Waals surface area contributed by atoms with Crippen molar-refractivity contribution in [3.63, 3.8) is 0 Å². The van der Waals surface area contributed by atoms with Crippen LogP contribution in [0.4, 0.5) is 17.1 Å². The van der Waals surface area contributed by atoms with E-state index in [2.05, 4.69) is 0 Å². The zero-order valence-corrected chi connectivity index (χ0v) is 17.2. The Balaban J connectivity index is 1.68. The lowest BCUT2D eigenvalue weighted by Crippen LogP contribution is -2.46. The van der Waals surface area contributed by atoms with E-state index in [0.717, 1.165) is 0 Å². The molecule has 2 aliphatic heterocycles. The van der Waals surface area contributed by atoms with Crippen molar-refractivity contribution in [1.82, 2.24) is 0 Å². The van der Waals surface area contributed by atoms with E-state index in [1.54, 1.807) is 30.0 Å². The van der Waals surface area contributed by atoms with Gasteiger partial charge in [-0.15, -0.1) is 0 Å². The molecule has 4 rings (SSSR count). The summed E-state index contributed by atoms with van der Waals surface area (Å²) in [6, 6.07) is 8.37.